The predicted octanol–water partition coefficient (Wildman–Crippen LogP) is 2.46. The van der Waals surface area contributed by atoms with E-state index >= 15 is 0 Å². The van der Waals surface area contributed by atoms with Gasteiger partial charge in [0.2, 0.25) is 5.91 Å². The third-order valence-corrected chi connectivity index (χ3v) is 5.32. The summed E-state index contributed by atoms with van der Waals surface area (Å²) in [5.41, 5.74) is 6.74. The van der Waals surface area contributed by atoms with E-state index in [0.29, 0.717) is 5.91 Å². The van der Waals surface area contributed by atoms with Crippen molar-refractivity contribution in [2.75, 3.05) is 20.2 Å². The minimum Gasteiger partial charge on any atom is -0.497 e. The second-order valence-corrected chi connectivity index (χ2v) is 6.65. The number of nitrogens with two attached hydrogens (primary N) is 1. The lowest BCUT2D eigenvalue weighted by molar-refractivity contribution is -0.138. The van der Waals surface area contributed by atoms with Gasteiger partial charge in [-0.1, -0.05) is 25.0 Å². The van der Waals surface area contributed by atoms with Crippen LogP contribution < -0.4 is 10.5 Å². The Hall–Kier alpha value is -1.55. The van der Waals surface area contributed by atoms with Crippen LogP contribution in [0.1, 0.15) is 44.1 Å². The number of carbonyl (C=O) groups excluding carboxylic acids is 1. The zero-order valence-electron chi connectivity index (χ0n) is 13.4. The number of benzene rings is 1. The number of nitrogens with zero attached hydrogens (tertiary/aromatic N) is 1. The maximum absolute atomic E-state index is 13.3. The van der Waals surface area contributed by atoms with E-state index in [4.69, 9.17) is 10.5 Å². The van der Waals surface area contributed by atoms with Crippen molar-refractivity contribution >= 4 is 5.91 Å². The van der Waals surface area contributed by atoms with Crippen LogP contribution in [0.5, 0.6) is 5.75 Å². The molecule has 1 aromatic rings. The van der Waals surface area contributed by atoms with Crippen molar-refractivity contribution in [3.8, 4) is 5.75 Å². The first kappa shape index (κ1) is 15.3. The number of rotatable bonds is 3. The number of ether oxygens (including phenoxy) is 1. The van der Waals surface area contributed by atoms with E-state index in [1.807, 2.05) is 23.1 Å². The van der Waals surface area contributed by atoms with Crippen molar-refractivity contribution in [2.45, 2.75) is 50.0 Å². The van der Waals surface area contributed by atoms with Crippen molar-refractivity contribution in [1.82, 2.24) is 4.90 Å². The van der Waals surface area contributed by atoms with E-state index < -0.39 is 0 Å². The molecule has 1 aliphatic carbocycles. The zero-order chi connectivity index (χ0) is 15.6. The molecule has 0 spiro atoms. The first-order valence-electron chi connectivity index (χ1n) is 8.35. The maximum atomic E-state index is 13.3. The van der Waals surface area contributed by atoms with Gasteiger partial charge in [0.25, 0.3) is 0 Å². The molecule has 2 fully saturated rings. The van der Waals surface area contributed by atoms with Crippen molar-refractivity contribution < 1.29 is 9.53 Å². The Kier molecular flexibility index (Phi) is 4.39. The highest BCUT2D eigenvalue weighted by Gasteiger charge is 2.45. The third kappa shape index (κ3) is 2.72. The average molecular weight is 302 g/mol. The quantitative estimate of drug-likeness (QED) is 0.933. The average Bonchev–Trinajstić information content (AvgIpc) is 3.06. The monoisotopic (exact) mass is 302 g/mol. The molecule has 1 saturated heterocycles. The highest BCUT2D eigenvalue weighted by Crippen LogP contribution is 2.43. The van der Waals surface area contributed by atoms with Crippen LogP contribution in [0, 0.1) is 0 Å². The molecule has 2 N–H and O–H groups in total. The van der Waals surface area contributed by atoms with Crippen molar-refractivity contribution in [1.29, 1.82) is 0 Å². The van der Waals surface area contributed by atoms with Gasteiger partial charge in [0.1, 0.15) is 5.75 Å². The Morgan fingerprint density at radius 2 is 1.95 bits per heavy atom. The Morgan fingerprint density at radius 3 is 2.59 bits per heavy atom. The summed E-state index contributed by atoms with van der Waals surface area (Å²) in [7, 11) is 1.67. The molecule has 1 aromatic carbocycles. The lowest BCUT2D eigenvalue weighted by Gasteiger charge is -2.38. The second-order valence-electron chi connectivity index (χ2n) is 6.65. The first-order chi connectivity index (χ1) is 10.7. The third-order valence-electron chi connectivity index (χ3n) is 5.32. The fraction of sp³-hybridized carbons (Fsp3) is 0.611. The molecule has 1 heterocycles. The molecular weight excluding hydrogens is 276 g/mol. The molecule has 1 saturated carbocycles. The molecule has 0 radical (unpaired) electrons. The molecule has 3 rings (SSSR count). The summed E-state index contributed by atoms with van der Waals surface area (Å²) in [5, 5.41) is 0. The molecule has 4 nitrogen and oxygen atoms in total. The molecule has 0 aromatic heterocycles. The minimum absolute atomic E-state index is 0.250. The molecule has 120 valence electrons. The van der Waals surface area contributed by atoms with Crippen molar-refractivity contribution in [3.05, 3.63) is 29.8 Å². The molecule has 0 bridgehead atoms. The lowest BCUT2D eigenvalue weighted by atomic mass is 9.77. The van der Waals surface area contributed by atoms with E-state index in [9.17, 15) is 4.79 Å². The summed E-state index contributed by atoms with van der Waals surface area (Å²) in [4.78, 5) is 15.3. The van der Waals surface area contributed by atoms with E-state index in [1.54, 1.807) is 7.11 Å². The summed E-state index contributed by atoms with van der Waals surface area (Å²) in [5.74, 6) is 1.13. The second kappa shape index (κ2) is 6.29. The summed E-state index contributed by atoms with van der Waals surface area (Å²) in [6.07, 6.45) is 5.97. The topological polar surface area (TPSA) is 55.6 Å². The van der Waals surface area contributed by atoms with Gasteiger partial charge in [0, 0.05) is 19.1 Å². The Morgan fingerprint density at radius 1 is 1.27 bits per heavy atom. The molecule has 0 atom stereocenters. The van der Waals surface area contributed by atoms with Crippen LogP contribution in [0.25, 0.3) is 0 Å². The summed E-state index contributed by atoms with van der Waals surface area (Å²) in [6, 6.07) is 8.31. The molecule has 2 aliphatic rings. The Bertz CT molecular complexity index is 530. The van der Waals surface area contributed by atoms with Gasteiger partial charge in [0.05, 0.1) is 12.5 Å². The van der Waals surface area contributed by atoms with Gasteiger partial charge in [-0.15, -0.1) is 0 Å². The van der Waals surface area contributed by atoms with E-state index in [1.165, 1.54) is 0 Å². The SMILES string of the molecule is COc1cccc(C2(C(=O)N3CCC(N)CC3)CCCC2)c1. The zero-order valence-corrected chi connectivity index (χ0v) is 13.4. The number of hydrogen-bond acceptors (Lipinski definition) is 3. The van der Waals surface area contributed by atoms with Crippen LogP contribution in [0.4, 0.5) is 0 Å². The van der Waals surface area contributed by atoms with Gasteiger partial charge in [-0.05, 0) is 43.4 Å². The number of carbonyl (C=O) groups is 1. The highest BCUT2D eigenvalue weighted by atomic mass is 16.5. The van der Waals surface area contributed by atoms with Crippen LogP contribution >= 0.6 is 0 Å². The van der Waals surface area contributed by atoms with Crippen LogP contribution in [0.3, 0.4) is 0 Å². The molecule has 0 unspecified atom stereocenters. The van der Waals surface area contributed by atoms with Gasteiger partial charge in [-0.2, -0.15) is 0 Å². The number of hydrogen-bond donors (Lipinski definition) is 1. The number of piperidine rings is 1. The fourth-order valence-corrected chi connectivity index (χ4v) is 3.93. The minimum atomic E-state index is -0.351. The smallest absolute Gasteiger partial charge is 0.233 e. The predicted molar refractivity (Wildman–Crippen MR) is 86.9 cm³/mol. The number of likely N-dealkylation sites (tertiary alicyclic amines) is 1. The van der Waals surface area contributed by atoms with Crippen molar-refractivity contribution in [2.24, 2.45) is 5.73 Å². The van der Waals surface area contributed by atoms with Crippen LogP contribution in [-0.2, 0) is 10.2 Å². The molecule has 22 heavy (non-hydrogen) atoms. The lowest BCUT2D eigenvalue weighted by Crippen LogP contribution is -2.50. The molecule has 4 heteroatoms. The van der Waals surface area contributed by atoms with Crippen LogP contribution in [-0.4, -0.2) is 37.0 Å². The molecular formula is C18H26N2O2. The van der Waals surface area contributed by atoms with E-state index in [2.05, 4.69) is 6.07 Å². The van der Waals surface area contributed by atoms with E-state index in [-0.39, 0.29) is 11.5 Å². The number of amides is 1. The first-order valence-corrected chi connectivity index (χ1v) is 8.35. The van der Waals surface area contributed by atoms with Gasteiger partial charge >= 0.3 is 0 Å². The van der Waals surface area contributed by atoms with Gasteiger partial charge in [-0.3, -0.25) is 4.79 Å². The highest BCUT2D eigenvalue weighted by molar-refractivity contribution is 5.89. The van der Waals surface area contributed by atoms with Gasteiger partial charge in [-0.25, -0.2) is 0 Å². The normalized spacial score (nSPS) is 21.8. The summed E-state index contributed by atoms with van der Waals surface area (Å²) in [6.45, 7) is 1.59. The molecule has 1 amide bonds. The van der Waals surface area contributed by atoms with Gasteiger partial charge in [0.15, 0.2) is 0 Å². The standard InChI is InChI=1S/C18H26N2O2/c1-22-16-6-4-5-14(13-16)18(9-2-3-10-18)17(21)20-11-7-15(19)8-12-20/h4-6,13,15H,2-3,7-12,19H2,1H3. The summed E-state index contributed by atoms with van der Waals surface area (Å²) < 4.78 is 5.36. The summed E-state index contributed by atoms with van der Waals surface area (Å²) >= 11 is 0. The number of methoxy groups -OCH3 is 1. The maximum Gasteiger partial charge on any atom is 0.233 e. The van der Waals surface area contributed by atoms with E-state index in [0.717, 1.165) is 62.9 Å². The van der Waals surface area contributed by atoms with Gasteiger partial charge < -0.3 is 15.4 Å². The van der Waals surface area contributed by atoms with Crippen molar-refractivity contribution in [3.63, 3.8) is 0 Å². The Labute approximate surface area is 132 Å². The van der Waals surface area contributed by atoms with Crippen LogP contribution in [0.15, 0.2) is 24.3 Å². The largest absolute Gasteiger partial charge is 0.497 e. The van der Waals surface area contributed by atoms with Crippen LogP contribution in [0.2, 0.25) is 0 Å². The molecule has 1 aliphatic heterocycles. The fourth-order valence-electron chi connectivity index (χ4n) is 3.93. The Balaban J connectivity index is 1.89.